The fraction of sp³-hybridized carbons (Fsp3) is 0.438. The molecule has 1 aromatic rings. The normalized spacial score (nSPS) is 15.1. The molecule has 0 aromatic heterocycles. The summed E-state index contributed by atoms with van der Waals surface area (Å²) in [5.74, 6) is -0.759. The molecule has 0 bridgehead atoms. The lowest BCUT2D eigenvalue weighted by Gasteiger charge is -2.18. The molecule has 22 heavy (non-hydrogen) atoms. The van der Waals surface area contributed by atoms with Gasteiger partial charge in [0.25, 0.3) is 5.66 Å². The highest BCUT2D eigenvalue weighted by Crippen LogP contribution is 2.33. The molecule has 2 atom stereocenters. The summed E-state index contributed by atoms with van der Waals surface area (Å²) in [6.07, 6.45) is 1.86. The highest BCUT2D eigenvalue weighted by atomic mass is 31.0. The van der Waals surface area contributed by atoms with Crippen molar-refractivity contribution in [1.29, 1.82) is 0 Å². The Morgan fingerprint density at radius 2 is 2.09 bits per heavy atom. The van der Waals surface area contributed by atoms with Gasteiger partial charge in [0.05, 0.1) is 12.3 Å². The topological polar surface area (TPSA) is 32.6 Å². The van der Waals surface area contributed by atoms with E-state index in [0.717, 1.165) is 0 Å². The Morgan fingerprint density at radius 3 is 2.50 bits per heavy atom. The predicted octanol–water partition coefficient (Wildman–Crippen LogP) is 4.52. The second-order valence-electron chi connectivity index (χ2n) is 5.08. The van der Waals surface area contributed by atoms with E-state index >= 15 is 0 Å². The van der Waals surface area contributed by atoms with E-state index in [0.29, 0.717) is 12.0 Å². The van der Waals surface area contributed by atoms with Crippen LogP contribution in [0.2, 0.25) is 0 Å². The van der Waals surface area contributed by atoms with Crippen molar-refractivity contribution < 1.29 is 18.3 Å². The van der Waals surface area contributed by atoms with Crippen LogP contribution in [-0.4, -0.2) is 16.5 Å². The van der Waals surface area contributed by atoms with Gasteiger partial charge in [-0.05, 0) is 37.0 Å². The number of aliphatic imine (C=N–C) groups is 1. The van der Waals surface area contributed by atoms with Crippen LogP contribution < -0.4 is 0 Å². The Morgan fingerprint density at radius 1 is 1.45 bits per heavy atom. The second-order valence-corrected chi connectivity index (χ2v) is 5.80. The number of aliphatic hydroxyl groups is 1. The molecular formula is C16H21F3NOP. The highest BCUT2D eigenvalue weighted by Gasteiger charge is 2.28. The SMILES string of the molecule is C/C=C(\N=C(c1ccc(CO)cc1F)C(C)CC)C(F)(F)P. The van der Waals surface area contributed by atoms with Gasteiger partial charge in [0.2, 0.25) is 0 Å². The molecule has 0 heterocycles. The van der Waals surface area contributed by atoms with E-state index in [2.05, 4.69) is 4.99 Å². The van der Waals surface area contributed by atoms with Crippen LogP contribution in [-0.2, 0) is 6.61 Å². The van der Waals surface area contributed by atoms with Crippen LogP contribution >= 0.6 is 9.24 Å². The third kappa shape index (κ3) is 4.65. The molecule has 0 amide bonds. The Labute approximate surface area is 131 Å². The van der Waals surface area contributed by atoms with Crippen molar-refractivity contribution >= 4 is 15.0 Å². The van der Waals surface area contributed by atoms with Crippen LogP contribution in [0.4, 0.5) is 13.2 Å². The first-order chi connectivity index (χ1) is 10.2. The van der Waals surface area contributed by atoms with Gasteiger partial charge < -0.3 is 5.11 Å². The molecule has 0 fully saturated rings. The molecule has 0 saturated carbocycles. The standard InChI is InChI=1S/C16H21F3NOP/c1-4-10(3)15(20-14(5-2)16(18,19)22)12-7-6-11(9-21)8-13(12)17/h5-8,10,21H,4,9,22H2,1-3H3/b14-5-,20-15?. The van der Waals surface area contributed by atoms with Crippen molar-refractivity contribution in [3.05, 3.63) is 46.9 Å². The molecule has 0 radical (unpaired) electrons. The van der Waals surface area contributed by atoms with Gasteiger partial charge in [-0.1, -0.05) is 35.2 Å². The van der Waals surface area contributed by atoms with Crippen molar-refractivity contribution in [2.24, 2.45) is 10.9 Å². The molecule has 0 spiro atoms. The summed E-state index contributed by atoms with van der Waals surface area (Å²) in [6.45, 7) is 4.88. The smallest absolute Gasteiger partial charge is 0.299 e. The third-order valence-electron chi connectivity index (χ3n) is 3.43. The highest BCUT2D eigenvalue weighted by molar-refractivity contribution is 7.18. The van der Waals surface area contributed by atoms with E-state index in [1.165, 1.54) is 34.4 Å². The molecule has 0 aliphatic heterocycles. The maximum Gasteiger partial charge on any atom is 0.299 e. The van der Waals surface area contributed by atoms with E-state index in [9.17, 15) is 13.2 Å². The lowest BCUT2D eigenvalue weighted by molar-refractivity contribution is 0.145. The Kier molecular flexibility index (Phi) is 6.76. The summed E-state index contributed by atoms with van der Waals surface area (Å²) >= 11 is 0. The van der Waals surface area contributed by atoms with Crippen LogP contribution in [0, 0.1) is 11.7 Å². The molecule has 2 nitrogen and oxygen atoms in total. The van der Waals surface area contributed by atoms with E-state index < -0.39 is 17.2 Å². The molecule has 1 N–H and O–H groups in total. The lowest BCUT2D eigenvalue weighted by atomic mass is 9.94. The van der Waals surface area contributed by atoms with E-state index in [1.807, 2.05) is 13.8 Å². The van der Waals surface area contributed by atoms with Crippen LogP contribution in [0.5, 0.6) is 0 Å². The average Bonchev–Trinajstić information content (AvgIpc) is 2.47. The number of alkyl halides is 2. The van der Waals surface area contributed by atoms with Gasteiger partial charge in [0.1, 0.15) is 11.5 Å². The van der Waals surface area contributed by atoms with Gasteiger partial charge in [0, 0.05) is 5.56 Å². The molecule has 1 aromatic carbocycles. The predicted molar refractivity (Wildman–Crippen MR) is 86.7 cm³/mol. The van der Waals surface area contributed by atoms with E-state index in [1.54, 1.807) is 6.07 Å². The lowest BCUT2D eigenvalue weighted by Crippen LogP contribution is -2.17. The zero-order chi connectivity index (χ0) is 16.9. The molecule has 0 saturated heterocycles. The van der Waals surface area contributed by atoms with Crippen molar-refractivity contribution in [2.75, 3.05) is 0 Å². The number of rotatable bonds is 6. The molecule has 1 rings (SSSR count). The number of halogens is 3. The van der Waals surface area contributed by atoms with Crippen LogP contribution in [0.1, 0.15) is 38.3 Å². The monoisotopic (exact) mass is 331 g/mol. The van der Waals surface area contributed by atoms with Crippen LogP contribution in [0.15, 0.2) is 35.0 Å². The first-order valence-corrected chi connectivity index (χ1v) is 7.64. The number of hydrogen-bond acceptors (Lipinski definition) is 2. The van der Waals surface area contributed by atoms with Crippen LogP contribution in [0.3, 0.4) is 0 Å². The summed E-state index contributed by atoms with van der Waals surface area (Å²) < 4.78 is 41.3. The van der Waals surface area contributed by atoms with Gasteiger partial charge in [-0.15, -0.1) is 0 Å². The van der Waals surface area contributed by atoms with Crippen molar-refractivity contribution in [3.8, 4) is 0 Å². The maximum atomic E-state index is 14.2. The second kappa shape index (κ2) is 7.89. The molecule has 0 aliphatic carbocycles. The van der Waals surface area contributed by atoms with Gasteiger partial charge in [0.15, 0.2) is 0 Å². The fourth-order valence-corrected chi connectivity index (χ4v) is 2.19. The number of benzene rings is 1. The summed E-state index contributed by atoms with van der Waals surface area (Å²) in [5.41, 5.74) is -2.71. The third-order valence-corrected chi connectivity index (χ3v) is 3.72. The van der Waals surface area contributed by atoms with Crippen molar-refractivity contribution in [1.82, 2.24) is 0 Å². The van der Waals surface area contributed by atoms with Gasteiger partial charge in [-0.25, -0.2) is 4.39 Å². The van der Waals surface area contributed by atoms with Crippen molar-refractivity contribution in [3.63, 3.8) is 0 Å². The minimum absolute atomic E-state index is 0.181. The molecule has 2 unspecified atom stereocenters. The summed E-state index contributed by atoms with van der Waals surface area (Å²) in [6, 6.07) is 4.23. The Balaban J connectivity index is 3.42. The number of hydrogen-bond donors (Lipinski definition) is 1. The Hall–Kier alpha value is -1.19. The molecule has 6 heteroatoms. The first-order valence-electron chi connectivity index (χ1n) is 7.06. The largest absolute Gasteiger partial charge is 0.392 e. The zero-order valence-corrected chi connectivity index (χ0v) is 14.1. The summed E-state index contributed by atoms with van der Waals surface area (Å²) in [4.78, 5) is 4.03. The number of aliphatic hydroxyl groups excluding tert-OH is 1. The van der Waals surface area contributed by atoms with Crippen molar-refractivity contribution in [2.45, 2.75) is 39.5 Å². The van der Waals surface area contributed by atoms with Gasteiger partial charge >= 0.3 is 0 Å². The zero-order valence-electron chi connectivity index (χ0n) is 12.9. The van der Waals surface area contributed by atoms with Gasteiger partial charge in [-0.3, -0.25) is 4.99 Å². The minimum atomic E-state index is -3.17. The fourth-order valence-electron chi connectivity index (χ4n) is 1.96. The molecule has 122 valence electrons. The Bertz CT molecular complexity index is 579. The summed E-state index contributed by atoms with van der Waals surface area (Å²) in [7, 11) is 1.44. The molecule has 0 aliphatic rings. The minimum Gasteiger partial charge on any atom is -0.392 e. The van der Waals surface area contributed by atoms with Crippen LogP contribution in [0.25, 0.3) is 0 Å². The summed E-state index contributed by atoms with van der Waals surface area (Å²) in [5, 5.41) is 9.03. The first kappa shape index (κ1) is 18.9. The number of nitrogens with zero attached hydrogens (tertiary/aromatic N) is 1. The average molecular weight is 331 g/mol. The number of allylic oxidation sites excluding steroid dienone is 2. The molecular weight excluding hydrogens is 310 g/mol. The van der Waals surface area contributed by atoms with E-state index in [-0.39, 0.29) is 23.8 Å². The maximum absolute atomic E-state index is 14.2. The van der Waals surface area contributed by atoms with Gasteiger partial charge in [-0.2, -0.15) is 8.78 Å². The van der Waals surface area contributed by atoms with E-state index in [4.69, 9.17) is 5.11 Å². The quantitative estimate of drug-likeness (QED) is 0.603.